The van der Waals surface area contributed by atoms with Crippen LogP contribution in [0.15, 0.2) is 42.5 Å². The molecule has 0 bridgehead atoms. The maximum absolute atomic E-state index is 10.5. The summed E-state index contributed by atoms with van der Waals surface area (Å²) in [6.07, 6.45) is 3.98. The summed E-state index contributed by atoms with van der Waals surface area (Å²) in [5.41, 5.74) is 3.19. The van der Waals surface area contributed by atoms with Crippen LogP contribution in [0.1, 0.15) is 67.7 Å². The van der Waals surface area contributed by atoms with E-state index < -0.39 is 37.1 Å². The van der Waals surface area contributed by atoms with Crippen LogP contribution >= 0.6 is 11.6 Å². The third kappa shape index (κ3) is 5.24. The first kappa shape index (κ1) is 25.0. The molecule has 0 unspecified atom stereocenters. The topological polar surface area (TPSA) is 99.4 Å². The Bertz CT molecular complexity index is 995. The van der Waals surface area contributed by atoms with Gasteiger partial charge in [-0.2, -0.15) is 0 Å². The van der Waals surface area contributed by atoms with Gasteiger partial charge >= 0.3 is 0 Å². The number of aliphatic hydroxyl groups excluding tert-OH is 4. The second kappa shape index (κ2) is 10.4. The third-order valence-corrected chi connectivity index (χ3v) is 8.69. The van der Waals surface area contributed by atoms with Crippen molar-refractivity contribution < 1.29 is 29.9 Å². The average molecular weight is 503 g/mol. The molecule has 7 heteroatoms. The normalized spacial score (nSPS) is 30.7. The van der Waals surface area contributed by atoms with Gasteiger partial charge in [0, 0.05) is 5.02 Å². The van der Waals surface area contributed by atoms with Crippen LogP contribution in [0, 0.1) is 5.41 Å². The van der Waals surface area contributed by atoms with Crippen molar-refractivity contribution in [1.29, 1.82) is 0 Å². The lowest BCUT2D eigenvalue weighted by Gasteiger charge is -2.46. The summed E-state index contributed by atoms with van der Waals surface area (Å²) in [4.78, 5) is 0. The molecule has 4 N–H and O–H groups in total. The Balaban J connectivity index is 1.23. The van der Waals surface area contributed by atoms with Crippen LogP contribution in [0.3, 0.4) is 0 Å². The SMILES string of the molecule is OC[C@H]1O[C@H](c2ccc(Cl)c(Cc3ccc(OC4CCC5(CCC5)CC4)cc3)c2)[C@H](O)[C@@H](O)[C@@H]1O. The Morgan fingerprint density at radius 1 is 0.914 bits per heavy atom. The van der Waals surface area contributed by atoms with E-state index in [1.807, 2.05) is 30.3 Å². The van der Waals surface area contributed by atoms with Gasteiger partial charge in [0.15, 0.2) is 0 Å². The molecule has 3 aliphatic rings. The molecule has 1 aliphatic heterocycles. The smallest absolute Gasteiger partial charge is 0.119 e. The van der Waals surface area contributed by atoms with E-state index in [2.05, 4.69) is 0 Å². The Morgan fingerprint density at radius 3 is 2.26 bits per heavy atom. The Hall–Kier alpha value is -1.67. The fraction of sp³-hybridized carbons (Fsp3) is 0.571. The number of benzene rings is 2. The zero-order valence-electron chi connectivity index (χ0n) is 19.9. The van der Waals surface area contributed by atoms with Crippen LogP contribution in [0.5, 0.6) is 5.75 Å². The zero-order chi connectivity index (χ0) is 24.6. The van der Waals surface area contributed by atoms with Crippen LogP contribution in [0.25, 0.3) is 0 Å². The minimum atomic E-state index is -1.42. The summed E-state index contributed by atoms with van der Waals surface area (Å²) in [6.45, 7) is -0.460. The van der Waals surface area contributed by atoms with Gasteiger partial charge in [0.25, 0.3) is 0 Å². The summed E-state index contributed by atoms with van der Waals surface area (Å²) in [5.74, 6) is 0.893. The molecule has 6 nitrogen and oxygen atoms in total. The second-order valence-electron chi connectivity index (χ2n) is 10.6. The lowest BCUT2D eigenvalue weighted by molar-refractivity contribution is -0.231. The standard InChI is InChI=1S/C28H35ClO6/c29-22-7-4-18(27-26(33)25(32)24(31)23(16-30)35-27)15-19(22)14-17-2-5-20(6-3-17)34-21-8-12-28(13-9-21)10-1-11-28/h2-7,15,21,23-27,30-33H,1,8-14,16H2/t23-,24-,25+,26-,27-/m1/s1. The van der Waals surface area contributed by atoms with Crippen molar-refractivity contribution in [3.05, 3.63) is 64.2 Å². The number of hydrogen-bond acceptors (Lipinski definition) is 6. The highest BCUT2D eigenvalue weighted by molar-refractivity contribution is 6.31. The summed E-state index contributed by atoms with van der Waals surface area (Å²) in [6, 6.07) is 13.4. The van der Waals surface area contributed by atoms with E-state index in [4.69, 9.17) is 21.1 Å². The molecule has 2 saturated carbocycles. The maximum Gasteiger partial charge on any atom is 0.119 e. The van der Waals surface area contributed by atoms with Crippen molar-refractivity contribution in [1.82, 2.24) is 0 Å². The molecule has 2 aliphatic carbocycles. The molecule has 0 aromatic heterocycles. The highest BCUT2D eigenvalue weighted by atomic mass is 35.5. The second-order valence-corrected chi connectivity index (χ2v) is 11.0. The van der Waals surface area contributed by atoms with Gasteiger partial charge in [-0.1, -0.05) is 42.3 Å². The quantitative estimate of drug-likeness (QED) is 0.477. The van der Waals surface area contributed by atoms with Crippen LogP contribution in [0.2, 0.25) is 5.02 Å². The molecule has 2 aromatic carbocycles. The Labute approximate surface area is 211 Å². The molecule has 5 atom stereocenters. The fourth-order valence-corrected chi connectivity index (χ4v) is 6.07. The van der Waals surface area contributed by atoms with Gasteiger partial charge in [-0.25, -0.2) is 0 Å². The monoisotopic (exact) mass is 502 g/mol. The molecule has 1 saturated heterocycles. The molecule has 2 aromatic rings. The van der Waals surface area contributed by atoms with Crippen LogP contribution in [0.4, 0.5) is 0 Å². The van der Waals surface area contributed by atoms with Crippen molar-refractivity contribution in [3.63, 3.8) is 0 Å². The number of hydrogen-bond donors (Lipinski definition) is 4. The van der Waals surface area contributed by atoms with Gasteiger partial charge in [-0.05, 0) is 85.3 Å². The van der Waals surface area contributed by atoms with Crippen molar-refractivity contribution in [2.75, 3.05) is 6.61 Å². The predicted molar refractivity (Wildman–Crippen MR) is 133 cm³/mol. The minimum absolute atomic E-state index is 0.303. The molecule has 35 heavy (non-hydrogen) atoms. The summed E-state index contributed by atoms with van der Waals surface area (Å²) in [5, 5.41) is 40.7. The predicted octanol–water partition coefficient (Wildman–Crippen LogP) is 3.94. The number of rotatable bonds is 6. The fourth-order valence-electron chi connectivity index (χ4n) is 5.88. The van der Waals surface area contributed by atoms with E-state index in [9.17, 15) is 20.4 Å². The molecule has 0 amide bonds. The summed E-state index contributed by atoms with van der Waals surface area (Å²) >= 11 is 6.47. The van der Waals surface area contributed by atoms with Crippen molar-refractivity contribution in [2.45, 2.75) is 88.0 Å². The highest BCUT2D eigenvalue weighted by Gasteiger charge is 2.44. The number of halogens is 1. The largest absolute Gasteiger partial charge is 0.490 e. The van der Waals surface area contributed by atoms with Gasteiger partial charge in [0.1, 0.15) is 36.3 Å². The molecule has 3 fully saturated rings. The highest BCUT2D eigenvalue weighted by Crippen LogP contribution is 2.51. The lowest BCUT2D eigenvalue weighted by atomic mass is 9.60. The molecular formula is C28H35ClO6. The van der Waals surface area contributed by atoms with Gasteiger partial charge < -0.3 is 29.9 Å². The van der Waals surface area contributed by atoms with E-state index in [0.717, 1.165) is 29.7 Å². The van der Waals surface area contributed by atoms with Gasteiger partial charge in [-0.15, -0.1) is 0 Å². The third-order valence-electron chi connectivity index (χ3n) is 8.32. The van der Waals surface area contributed by atoms with Crippen LogP contribution in [-0.4, -0.2) is 57.6 Å². The van der Waals surface area contributed by atoms with E-state index >= 15 is 0 Å². The first-order valence-electron chi connectivity index (χ1n) is 12.7. The summed E-state index contributed by atoms with van der Waals surface area (Å²) < 4.78 is 12.0. The van der Waals surface area contributed by atoms with E-state index in [1.165, 1.54) is 32.1 Å². The first-order chi connectivity index (χ1) is 16.9. The van der Waals surface area contributed by atoms with E-state index in [1.54, 1.807) is 12.1 Å². The molecule has 0 radical (unpaired) electrons. The molecular weight excluding hydrogens is 468 g/mol. The van der Waals surface area contributed by atoms with Crippen molar-refractivity contribution >= 4 is 11.6 Å². The Morgan fingerprint density at radius 2 is 1.63 bits per heavy atom. The summed E-state index contributed by atoms with van der Waals surface area (Å²) in [7, 11) is 0. The molecule has 5 rings (SSSR count). The first-order valence-corrected chi connectivity index (χ1v) is 13.1. The van der Waals surface area contributed by atoms with Crippen LogP contribution in [-0.2, 0) is 11.2 Å². The van der Waals surface area contributed by atoms with Gasteiger partial charge in [0.05, 0.1) is 12.7 Å². The maximum atomic E-state index is 10.5. The van der Waals surface area contributed by atoms with Gasteiger partial charge in [0.2, 0.25) is 0 Å². The van der Waals surface area contributed by atoms with Crippen LogP contribution < -0.4 is 4.74 Å². The zero-order valence-corrected chi connectivity index (χ0v) is 20.6. The lowest BCUT2D eigenvalue weighted by Crippen LogP contribution is -2.55. The van der Waals surface area contributed by atoms with E-state index in [0.29, 0.717) is 28.5 Å². The van der Waals surface area contributed by atoms with E-state index in [-0.39, 0.29) is 0 Å². The molecule has 1 heterocycles. The number of aliphatic hydroxyl groups is 4. The van der Waals surface area contributed by atoms with Gasteiger partial charge in [-0.3, -0.25) is 0 Å². The Kier molecular flexibility index (Phi) is 7.40. The van der Waals surface area contributed by atoms with Crippen molar-refractivity contribution in [2.24, 2.45) is 5.41 Å². The molecule has 1 spiro atoms. The number of ether oxygens (including phenoxy) is 2. The minimum Gasteiger partial charge on any atom is -0.490 e. The van der Waals surface area contributed by atoms with Crippen molar-refractivity contribution in [3.8, 4) is 5.75 Å². The molecule has 190 valence electrons. The average Bonchev–Trinajstić information content (AvgIpc) is 2.85.